The second-order valence-corrected chi connectivity index (χ2v) is 2.62. The summed E-state index contributed by atoms with van der Waals surface area (Å²) in [5, 5.41) is 0. The molecule has 0 aromatic carbocycles. The number of hydrogen-bond acceptors (Lipinski definition) is 2. The van der Waals surface area contributed by atoms with Gasteiger partial charge in [0.05, 0.1) is 6.61 Å². The Morgan fingerprint density at radius 1 is 1.50 bits per heavy atom. The van der Waals surface area contributed by atoms with Gasteiger partial charge in [0.1, 0.15) is 5.76 Å². The van der Waals surface area contributed by atoms with Gasteiger partial charge in [0.2, 0.25) is 0 Å². The predicted octanol–water partition coefficient (Wildman–Crippen LogP) is 1.80. The van der Waals surface area contributed by atoms with E-state index in [4.69, 9.17) is 9.78 Å². The van der Waals surface area contributed by atoms with Gasteiger partial charge in [-0.05, 0) is 18.9 Å². The molecular formula is C8H10O2. The van der Waals surface area contributed by atoms with Crippen LogP contribution in [0.2, 0.25) is 0 Å². The van der Waals surface area contributed by atoms with Crippen molar-refractivity contribution in [2.24, 2.45) is 5.92 Å². The zero-order chi connectivity index (χ0) is 6.81. The summed E-state index contributed by atoms with van der Waals surface area (Å²) >= 11 is 0. The third-order valence-electron chi connectivity index (χ3n) is 1.92. The molecular weight excluding hydrogens is 128 g/mol. The lowest BCUT2D eigenvalue weighted by Crippen LogP contribution is -2.17. The molecule has 1 atom stereocenters. The van der Waals surface area contributed by atoms with Gasteiger partial charge in [0.25, 0.3) is 0 Å². The van der Waals surface area contributed by atoms with E-state index in [1.807, 2.05) is 12.2 Å². The van der Waals surface area contributed by atoms with Gasteiger partial charge in [-0.15, -0.1) is 0 Å². The van der Waals surface area contributed by atoms with E-state index in [-0.39, 0.29) is 0 Å². The Labute approximate surface area is 60.1 Å². The maximum absolute atomic E-state index is 4.99. The van der Waals surface area contributed by atoms with Gasteiger partial charge in [-0.1, -0.05) is 12.2 Å². The van der Waals surface area contributed by atoms with Gasteiger partial charge >= 0.3 is 0 Å². The number of rotatable bonds is 0. The van der Waals surface area contributed by atoms with Crippen LogP contribution in [0.5, 0.6) is 0 Å². The summed E-state index contributed by atoms with van der Waals surface area (Å²) in [5.41, 5.74) is 0. The predicted molar refractivity (Wildman–Crippen MR) is 37.0 cm³/mol. The Bertz CT molecular complexity index is 182. The van der Waals surface area contributed by atoms with Crippen molar-refractivity contribution in [3.8, 4) is 0 Å². The molecule has 0 unspecified atom stereocenters. The zero-order valence-electron chi connectivity index (χ0n) is 5.75. The summed E-state index contributed by atoms with van der Waals surface area (Å²) in [6.07, 6.45) is 8.36. The molecule has 1 aliphatic carbocycles. The second-order valence-electron chi connectivity index (χ2n) is 2.62. The van der Waals surface area contributed by atoms with Crippen LogP contribution in [0.25, 0.3) is 0 Å². The molecule has 0 amide bonds. The third-order valence-corrected chi connectivity index (χ3v) is 1.92. The molecule has 2 nitrogen and oxygen atoms in total. The smallest absolute Gasteiger partial charge is 0.145 e. The van der Waals surface area contributed by atoms with Crippen molar-refractivity contribution < 1.29 is 9.78 Å². The van der Waals surface area contributed by atoms with Gasteiger partial charge in [-0.3, -0.25) is 0 Å². The van der Waals surface area contributed by atoms with Crippen LogP contribution in [0, 0.1) is 5.92 Å². The first-order chi connectivity index (χ1) is 4.97. The molecule has 2 heteroatoms. The van der Waals surface area contributed by atoms with Gasteiger partial charge in [0.15, 0.2) is 0 Å². The van der Waals surface area contributed by atoms with Crippen LogP contribution in [-0.2, 0) is 9.78 Å². The molecule has 0 aromatic rings. The van der Waals surface area contributed by atoms with Gasteiger partial charge in [-0.25, -0.2) is 0 Å². The highest BCUT2D eigenvalue weighted by molar-refractivity contribution is 5.16. The molecule has 1 fully saturated rings. The highest BCUT2D eigenvalue weighted by Crippen LogP contribution is 2.28. The Morgan fingerprint density at radius 2 is 2.50 bits per heavy atom. The van der Waals surface area contributed by atoms with Crippen molar-refractivity contribution >= 4 is 0 Å². The van der Waals surface area contributed by atoms with Crippen LogP contribution >= 0.6 is 0 Å². The quantitative estimate of drug-likeness (QED) is 0.475. The normalized spacial score (nSPS) is 30.4. The van der Waals surface area contributed by atoms with Crippen molar-refractivity contribution in [2.75, 3.05) is 6.61 Å². The van der Waals surface area contributed by atoms with Crippen molar-refractivity contribution in [2.45, 2.75) is 12.8 Å². The summed E-state index contributed by atoms with van der Waals surface area (Å²) in [5.74, 6) is 1.58. The molecule has 2 rings (SSSR count). The van der Waals surface area contributed by atoms with E-state index >= 15 is 0 Å². The maximum Gasteiger partial charge on any atom is 0.145 e. The minimum Gasteiger partial charge on any atom is -0.342 e. The molecule has 0 bridgehead atoms. The van der Waals surface area contributed by atoms with E-state index < -0.39 is 0 Å². The van der Waals surface area contributed by atoms with Crippen LogP contribution in [0.1, 0.15) is 12.8 Å². The third kappa shape index (κ3) is 0.948. The molecule has 0 radical (unpaired) electrons. The first-order valence-corrected chi connectivity index (χ1v) is 3.63. The summed E-state index contributed by atoms with van der Waals surface area (Å²) < 4.78 is 0. The van der Waals surface area contributed by atoms with E-state index in [0.717, 1.165) is 25.2 Å². The first kappa shape index (κ1) is 5.98. The lowest BCUT2D eigenvalue weighted by molar-refractivity contribution is -0.288. The monoisotopic (exact) mass is 138 g/mol. The van der Waals surface area contributed by atoms with E-state index in [2.05, 4.69) is 6.08 Å². The van der Waals surface area contributed by atoms with Gasteiger partial charge in [0, 0.05) is 5.92 Å². The average molecular weight is 138 g/mol. The standard InChI is InChI=1S/C8H10O2/c1-2-4-8-7(3-1)5-6-9-10-8/h1-2,4,7H,3,5-6H2/t7-/m0/s1. The van der Waals surface area contributed by atoms with Crippen molar-refractivity contribution in [1.29, 1.82) is 0 Å². The summed E-state index contributed by atoms with van der Waals surface area (Å²) in [4.78, 5) is 9.83. The minimum absolute atomic E-state index is 0.582. The molecule has 1 heterocycles. The molecule has 1 aliphatic heterocycles. The van der Waals surface area contributed by atoms with Crippen molar-refractivity contribution in [3.05, 3.63) is 24.0 Å². The molecule has 0 saturated carbocycles. The van der Waals surface area contributed by atoms with E-state index in [1.54, 1.807) is 0 Å². The summed E-state index contributed by atoms with van der Waals surface area (Å²) in [6.45, 7) is 0.732. The molecule has 0 spiro atoms. The van der Waals surface area contributed by atoms with Crippen LogP contribution in [0.15, 0.2) is 24.0 Å². The number of fused-ring (bicyclic) bond motifs is 1. The Kier molecular flexibility index (Phi) is 1.47. The van der Waals surface area contributed by atoms with E-state index in [0.29, 0.717) is 5.92 Å². The highest BCUT2D eigenvalue weighted by Gasteiger charge is 2.21. The van der Waals surface area contributed by atoms with Crippen molar-refractivity contribution in [3.63, 3.8) is 0 Å². The Hall–Kier alpha value is -0.760. The van der Waals surface area contributed by atoms with Gasteiger partial charge in [-0.2, -0.15) is 4.89 Å². The Morgan fingerprint density at radius 3 is 3.40 bits per heavy atom. The number of hydrogen-bond donors (Lipinski definition) is 0. The van der Waals surface area contributed by atoms with Crippen LogP contribution in [0.4, 0.5) is 0 Å². The SMILES string of the molecule is C1=CC[C@H]2CCOOC2=C1. The van der Waals surface area contributed by atoms with E-state index in [1.165, 1.54) is 0 Å². The molecule has 54 valence electrons. The topological polar surface area (TPSA) is 18.5 Å². The van der Waals surface area contributed by atoms with Crippen LogP contribution in [0.3, 0.4) is 0 Å². The molecule has 0 N–H and O–H groups in total. The van der Waals surface area contributed by atoms with Gasteiger partial charge < -0.3 is 4.89 Å². The average Bonchev–Trinajstić information content (AvgIpc) is 2.05. The molecule has 10 heavy (non-hydrogen) atoms. The van der Waals surface area contributed by atoms with Crippen LogP contribution < -0.4 is 0 Å². The highest BCUT2D eigenvalue weighted by atomic mass is 17.2. The molecule has 2 aliphatic rings. The first-order valence-electron chi connectivity index (χ1n) is 3.63. The summed E-state index contributed by atoms with van der Waals surface area (Å²) in [6, 6.07) is 0. The van der Waals surface area contributed by atoms with Crippen LogP contribution in [-0.4, -0.2) is 6.61 Å². The lowest BCUT2D eigenvalue weighted by Gasteiger charge is -2.24. The molecule has 0 aromatic heterocycles. The molecule has 1 saturated heterocycles. The maximum atomic E-state index is 4.99. The zero-order valence-corrected chi connectivity index (χ0v) is 5.75. The largest absolute Gasteiger partial charge is 0.342 e. The second kappa shape index (κ2) is 2.46. The fourth-order valence-electron chi connectivity index (χ4n) is 1.31. The van der Waals surface area contributed by atoms with E-state index in [9.17, 15) is 0 Å². The lowest BCUT2D eigenvalue weighted by atomic mass is 9.95. The fraction of sp³-hybridized carbons (Fsp3) is 0.500. The fourth-order valence-corrected chi connectivity index (χ4v) is 1.31. The number of allylic oxidation sites excluding steroid dienone is 4. The summed E-state index contributed by atoms with van der Waals surface area (Å²) in [7, 11) is 0. The van der Waals surface area contributed by atoms with Crippen molar-refractivity contribution in [1.82, 2.24) is 0 Å². The Balaban J connectivity index is 2.14. The minimum atomic E-state index is 0.582.